The number of hydrogen-bond acceptors (Lipinski definition) is 5. The van der Waals surface area contributed by atoms with Crippen molar-refractivity contribution in [3.63, 3.8) is 0 Å². The third kappa shape index (κ3) is 5.48. The number of nitrogens with one attached hydrogen (secondary N) is 1. The van der Waals surface area contributed by atoms with Gasteiger partial charge >= 0.3 is 13.6 Å². The van der Waals surface area contributed by atoms with E-state index in [0.29, 0.717) is 0 Å². The van der Waals surface area contributed by atoms with Crippen molar-refractivity contribution in [1.29, 1.82) is 5.41 Å². The zero-order valence-electron chi connectivity index (χ0n) is 6.63. The lowest BCUT2D eigenvalue weighted by Gasteiger charge is -2.08. The van der Waals surface area contributed by atoms with Gasteiger partial charge in [0.1, 0.15) is 5.71 Å². The lowest BCUT2D eigenvalue weighted by molar-refractivity contribution is -0.129. The zero-order valence-corrected chi connectivity index (χ0v) is 7.53. The van der Waals surface area contributed by atoms with Gasteiger partial charge < -0.3 is 15.1 Å². The molecule has 0 spiro atoms. The van der Waals surface area contributed by atoms with E-state index in [2.05, 4.69) is 4.52 Å². The molecule has 0 amide bonds. The molecule has 0 aromatic carbocycles. The standard InChI is InChI=1S/C5H10NO6P/c6-4(5(8)9)1-2-13(10,11)12-3-7/h6-7H,1-3H2,(H,8,9)(H,10,11). The smallest absolute Gasteiger partial charge is 0.349 e. The van der Waals surface area contributed by atoms with Gasteiger partial charge in [-0.1, -0.05) is 0 Å². The predicted octanol–water partition coefficient (Wildman–Crippen LogP) is -0.367. The number of hydrogen-bond donors (Lipinski definition) is 4. The molecule has 0 aliphatic carbocycles. The molecule has 0 saturated heterocycles. The Bertz CT molecular complexity index is 251. The van der Waals surface area contributed by atoms with E-state index in [1.165, 1.54) is 0 Å². The fourth-order valence-corrected chi connectivity index (χ4v) is 1.33. The minimum absolute atomic E-state index is 0.372. The largest absolute Gasteiger partial charge is 0.477 e. The van der Waals surface area contributed by atoms with E-state index in [1.807, 2.05) is 0 Å². The molecule has 0 aliphatic heterocycles. The average molecular weight is 211 g/mol. The molecule has 1 unspecified atom stereocenters. The number of aliphatic hydroxyl groups excluding tert-OH is 1. The summed E-state index contributed by atoms with van der Waals surface area (Å²) in [6, 6.07) is 0. The second-order valence-electron chi connectivity index (χ2n) is 2.15. The fraction of sp³-hybridized carbons (Fsp3) is 0.600. The minimum atomic E-state index is -3.94. The monoisotopic (exact) mass is 211 g/mol. The molecule has 1 atom stereocenters. The molecule has 76 valence electrons. The Labute approximate surface area is 74.0 Å². The third-order valence-electron chi connectivity index (χ3n) is 1.16. The lowest BCUT2D eigenvalue weighted by atomic mass is 10.3. The highest BCUT2D eigenvalue weighted by Crippen LogP contribution is 2.41. The van der Waals surface area contributed by atoms with Crippen molar-refractivity contribution >= 4 is 19.3 Å². The Balaban J connectivity index is 3.95. The normalized spacial score (nSPS) is 14.9. The van der Waals surface area contributed by atoms with E-state index < -0.39 is 32.2 Å². The maximum absolute atomic E-state index is 10.8. The first-order valence-electron chi connectivity index (χ1n) is 3.27. The summed E-state index contributed by atoms with van der Waals surface area (Å²) in [5.41, 5.74) is -0.671. The first-order chi connectivity index (χ1) is 5.89. The average Bonchev–Trinajstić information content (AvgIpc) is 2.00. The zero-order chi connectivity index (χ0) is 10.5. The van der Waals surface area contributed by atoms with Crippen LogP contribution < -0.4 is 0 Å². The van der Waals surface area contributed by atoms with Crippen LogP contribution in [0.3, 0.4) is 0 Å². The van der Waals surface area contributed by atoms with Crippen molar-refractivity contribution in [3.8, 4) is 0 Å². The van der Waals surface area contributed by atoms with Gasteiger partial charge in [-0.05, 0) is 0 Å². The van der Waals surface area contributed by atoms with Crippen LogP contribution in [-0.2, 0) is 13.9 Å². The van der Waals surface area contributed by atoms with Crippen LogP contribution in [-0.4, -0.2) is 39.7 Å². The first kappa shape index (κ1) is 12.2. The molecular formula is C5H10NO6P. The SMILES string of the molecule is N=C(CCP(=O)(O)OCO)C(=O)O. The molecule has 7 nitrogen and oxygen atoms in total. The molecule has 0 aromatic heterocycles. The van der Waals surface area contributed by atoms with E-state index in [1.54, 1.807) is 0 Å². The highest BCUT2D eigenvalue weighted by molar-refractivity contribution is 7.52. The van der Waals surface area contributed by atoms with Gasteiger partial charge in [0.25, 0.3) is 0 Å². The van der Waals surface area contributed by atoms with Gasteiger partial charge in [-0.25, -0.2) is 4.79 Å². The van der Waals surface area contributed by atoms with Crippen molar-refractivity contribution in [2.45, 2.75) is 6.42 Å². The molecule has 0 bridgehead atoms. The molecule has 0 saturated carbocycles. The van der Waals surface area contributed by atoms with Crippen LogP contribution in [0.1, 0.15) is 6.42 Å². The van der Waals surface area contributed by atoms with Crippen molar-refractivity contribution < 1.29 is 29.0 Å². The van der Waals surface area contributed by atoms with Crippen molar-refractivity contribution in [2.24, 2.45) is 0 Å². The highest BCUT2D eigenvalue weighted by Gasteiger charge is 2.20. The topological polar surface area (TPSA) is 128 Å². The maximum Gasteiger partial charge on any atom is 0.349 e. The second kappa shape index (κ2) is 5.08. The summed E-state index contributed by atoms with van der Waals surface area (Å²) in [5, 5.41) is 23.2. The Hall–Kier alpha value is -0.750. The molecular weight excluding hydrogens is 201 g/mol. The van der Waals surface area contributed by atoms with Crippen molar-refractivity contribution in [1.82, 2.24) is 0 Å². The molecule has 0 radical (unpaired) electrons. The summed E-state index contributed by atoms with van der Waals surface area (Å²) in [6.07, 6.45) is -0.859. The molecule has 0 fully saturated rings. The summed E-state index contributed by atoms with van der Waals surface area (Å²) in [5.74, 6) is -1.44. The molecule has 8 heteroatoms. The molecule has 4 N–H and O–H groups in total. The van der Waals surface area contributed by atoms with Gasteiger partial charge in [-0.3, -0.25) is 14.5 Å². The van der Waals surface area contributed by atoms with E-state index >= 15 is 0 Å². The number of aliphatic hydroxyl groups is 1. The Morgan fingerprint density at radius 2 is 2.08 bits per heavy atom. The summed E-state index contributed by atoms with van der Waals surface area (Å²) >= 11 is 0. The van der Waals surface area contributed by atoms with Crippen LogP contribution in [0.4, 0.5) is 0 Å². The predicted molar refractivity (Wildman–Crippen MR) is 42.8 cm³/mol. The van der Waals surface area contributed by atoms with E-state index in [9.17, 15) is 9.36 Å². The van der Waals surface area contributed by atoms with E-state index in [-0.39, 0.29) is 6.42 Å². The molecule has 0 rings (SSSR count). The molecule has 13 heavy (non-hydrogen) atoms. The highest BCUT2D eigenvalue weighted by atomic mass is 31.2. The van der Waals surface area contributed by atoms with Crippen LogP contribution >= 0.6 is 7.60 Å². The quantitative estimate of drug-likeness (QED) is 0.269. The number of rotatable bonds is 6. The summed E-state index contributed by atoms with van der Waals surface area (Å²) in [7, 11) is -3.94. The number of aliphatic carboxylic acids is 1. The minimum Gasteiger partial charge on any atom is -0.477 e. The van der Waals surface area contributed by atoms with Crippen molar-refractivity contribution in [3.05, 3.63) is 0 Å². The van der Waals surface area contributed by atoms with Crippen LogP contribution in [0, 0.1) is 5.41 Å². The number of carbonyl (C=O) groups is 1. The maximum atomic E-state index is 10.8. The van der Waals surface area contributed by atoms with Crippen LogP contribution in [0.5, 0.6) is 0 Å². The van der Waals surface area contributed by atoms with Gasteiger partial charge in [0.05, 0.1) is 6.16 Å². The van der Waals surface area contributed by atoms with Gasteiger partial charge in [-0.15, -0.1) is 0 Å². The van der Waals surface area contributed by atoms with E-state index in [0.717, 1.165) is 0 Å². The van der Waals surface area contributed by atoms with Crippen molar-refractivity contribution in [2.75, 3.05) is 13.0 Å². The summed E-state index contributed by atoms with van der Waals surface area (Å²) in [4.78, 5) is 18.9. The van der Waals surface area contributed by atoms with Crippen LogP contribution in [0.25, 0.3) is 0 Å². The summed E-state index contributed by atoms with van der Waals surface area (Å²) in [6.45, 7) is -0.909. The molecule has 0 heterocycles. The number of carboxylic acid groups (broad SMARTS) is 1. The van der Waals surface area contributed by atoms with Crippen LogP contribution in [0.15, 0.2) is 0 Å². The Morgan fingerprint density at radius 3 is 2.46 bits per heavy atom. The van der Waals surface area contributed by atoms with Gasteiger partial charge in [0.2, 0.25) is 0 Å². The second-order valence-corrected chi connectivity index (χ2v) is 4.13. The van der Waals surface area contributed by atoms with Gasteiger partial charge in [-0.2, -0.15) is 0 Å². The van der Waals surface area contributed by atoms with Crippen LogP contribution in [0.2, 0.25) is 0 Å². The summed E-state index contributed by atoms with van der Waals surface area (Å²) < 4.78 is 14.9. The number of carboxylic acids is 1. The molecule has 0 aromatic rings. The van der Waals surface area contributed by atoms with Gasteiger partial charge in [0.15, 0.2) is 6.79 Å². The Kier molecular flexibility index (Phi) is 4.79. The Morgan fingerprint density at radius 1 is 1.54 bits per heavy atom. The van der Waals surface area contributed by atoms with E-state index in [4.69, 9.17) is 20.5 Å². The first-order valence-corrected chi connectivity index (χ1v) is 5.03. The fourth-order valence-electron chi connectivity index (χ4n) is 0.515. The lowest BCUT2D eigenvalue weighted by Crippen LogP contribution is -2.13. The molecule has 0 aliphatic rings. The third-order valence-corrected chi connectivity index (χ3v) is 2.47. The van der Waals surface area contributed by atoms with Gasteiger partial charge in [0, 0.05) is 6.42 Å².